The van der Waals surface area contributed by atoms with Crippen molar-refractivity contribution in [1.29, 1.82) is 0 Å². The number of rotatable bonds is 8. The number of carboxylic acid groups (broad SMARTS) is 1. The largest absolute Gasteiger partial charge is 0.496 e. The number of methoxy groups -OCH3 is 2. The maximum Gasteiger partial charge on any atom is 0.343 e. The Hall–Kier alpha value is -2.44. The molecule has 0 amide bonds. The van der Waals surface area contributed by atoms with Crippen molar-refractivity contribution in [1.82, 2.24) is 0 Å². The first-order valence-electron chi connectivity index (χ1n) is 7.46. The third-order valence-electron chi connectivity index (χ3n) is 3.50. The van der Waals surface area contributed by atoms with E-state index in [2.05, 4.69) is 0 Å². The molecule has 0 heterocycles. The molecular weight excluding hydrogens is 346 g/mol. The van der Waals surface area contributed by atoms with Crippen molar-refractivity contribution < 1.29 is 24.1 Å². The summed E-state index contributed by atoms with van der Waals surface area (Å²) < 4.78 is 15.9. The van der Waals surface area contributed by atoms with Crippen LogP contribution < -0.4 is 19.9 Å². The zero-order valence-corrected chi connectivity index (χ0v) is 14.9. The van der Waals surface area contributed by atoms with E-state index in [-0.39, 0.29) is 42.1 Å². The molecule has 0 aliphatic rings. The Morgan fingerprint density at radius 2 is 1.76 bits per heavy atom. The highest BCUT2D eigenvalue weighted by molar-refractivity contribution is 5.94. The van der Waals surface area contributed by atoms with Gasteiger partial charge < -0.3 is 25.1 Å². The fourth-order valence-corrected chi connectivity index (χ4v) is 2.34. The van der Waals surface area contributed by atoms with Crippen molar-refractivity contribution in [3.63, 3.8) is 0 Å². The summed E-state index contributed by atoms with van der Waals surface area (Å²) in [5.74, 6) is -0.347. The summed E-state index contributed by atoms with van der Waals surface area (Å²) in [7, 11) is 2.88. The molecule has 0 aromatic heterocycles. The lowest BCUT2D eigenvalue weighted by molar-refractivity contribution is 0.0688. The molecule has 0 saturated heterocycles. The Morgan fingerprint density at radius 3 is 2.32 bits per heavy atom. The van der Waals surface area contributed by atoms with Crippen LogP contribution >= 0.6 is 12.4 Å². The van der Waals surface area contributed by atoms with Crippen LogP contribution in [0.2, 0.25) is 0 Å². The Bertz CT molecular complexity index is 693. The van der Waals surface area contributed by atoms with Gasteiger partial charge >= 0.3 is 5.97 Å². The number of carboxylic acids is 1. The Kier molecular flexibility index (Phi) is 8.04. The van der Waals surface area contributed by atoms with Crippen LogP contribution in [-0.2, 0) is 6.42 Å². The van der Waals surface area contributed by atoms with Crippen molar-refractivity contribution >= 4 is 18.4 Å². The zero-order chi connectivity index (χ0) is 17.5. The third kappa shape index (κ3) is 5.55. The van der Waals surface area contributed by atoms with E-state index in [9.17, 15) is 9.90 Å². The molecule has 0 unspecified atom stereocenters. The summed E-state index contributed by atoms with van der Waals surface area (Å²) in [5, 5.41) is 9.41. The van der Waals surface area contributed by atoms with Gasteiger partial charge in [-0.25, -0.2) is 4.79 Å². The van der Waals surface area contributed by atoms with Crippen LogP contribution in [0.4, 0.5) is 0 Å². The summed E-state index contributed by atoms with van der Waals surface area (Å²) >= 11 is 0. The summed E-state index contributed by atoms with van der Waals surface area (Å²) in [6.07, 6.45) is 0.629. The molecule has 0 aliphatic heterocycles. The van der Waals surface area contributed by atoms with Crippen LogP contribution in [0.25, 0.3) is 0 Å². The Labute approximate surface area is 152 Å². The molecule has 136 valence electrons. The molecule has 0 bridgehead atoms. The van der Waals surface area contributed by atoms with Crippen LogP contribution in [0.1, 0.15) is 15.9 Å². The number of benzene rings is 2. The average molecular weight is 368 g/mol. The molecule has 3 N–H and O–H groups in total. The number of hydrogen-bond donors (Lipinski definition) is 2. The van der Waals surface area contributed by atoms with Crippen molar-refractivity contribution in [3.05, 3.63) is 53.6 Å². The minimum Gasteiger partial charge on any atom is -0.496 e. The van der Waals surface area contributed by atoms with E-state index in [4.69, 9.17) is 19.9 Å². The number of nitrogens with two attached hydrogens (primary N) is 1. The maximum absolute atomic E-state index is 11.5. The average Bonchev–Trinajstić information content (AvgIpc) is 2.59. The standard InChI is InChI=1S/C18H21NO5.ClH/c1-22-14-9-15(23-2)17(18(20)21)16(10-14)24-11-13(19)8-12-6-4-3-5-7-12;/h3-7,9-10,13H,8,11,19H2,1-2H3,(H,20,21);1H/t13-;/m1./s1. The molecule has 0 saturated carbocycles. The minimum absolute atomic E-state index is 0. The van der Waals surface area contributed by atoms with Gasteiger partial charge in [-0.3, -0.25) is 0 Å². The smallest absolute Gasteiger partial charge is 0.343 e. The Balaban J connectivity index is 0.00000312. The number of halogens is 1. The molecule has 7 heteroatoms. The molecule has 0 radical (unpaired) electrons. The van der Waals surface area contributed by atoms with Crippen molar-refractivity contribution in [3.8, 4) is 17.2 Å². The Morgan fingerprint density at radius 1 is 1.12 bits per heavy atom. The van der Waals surface area contributed by atoms with Gasteiger partial charge in [0.1, 0.15) is 29.4 Å². The molecule has 1 atom stereocenters. The van der Waals surface area contributed by atoms with Crippen LogP contribution in [0.5, 0.6) is 17.2 Å². The van der Waals surface area contributed by atoms with Crippen molar-refractivity contribution in [2.24, 2.45) is 5.73 Å². The van der Waals surface area contributed by atoms with Gasteiger partial charge in [0.25, 0.3) is 0 Å². The highest BCUT2D eigenvalue weighted by atomic mass is 35.5. The molecule has 6 nitrogen and oxygen atoms in total. The highest BCUT2D eigenvalue weighted by Crippen LogP contribution is 2.34. The molecule has 2 rings (SSSR count). The van der Waals surface area contributed by atoms with E-state index < -0.39 is 5.97 Å². The van der Waals surface area contributed by atoms with Crippen LogP contribution in [-0.4, -0.2) is 37.9 Å². The third-order valence-corrected chi connectivity index (χ3v) is 3.50. The zero-order valence-electron chi connectivity index (χ0n) is 14.1. The monoisotopic (exact) mass is 367 g/mol. The van der Waals surface area contributed by atoms with Gasteiger partial charge in [-0.2, -0.15) is 0 Å². The quantitative estimate of drug-likeness (QED) is 0.745. The predicted octanol–water partition coefficient (Wildman–Crippen LogP) is 2.77. The lowest BCUT2D eigenvalue weighted by atomic mass is 10.1. The van der Waals surface area contributed by atoms with E-state index in [1.165, 1.54) is 26.4 Å². The van der Waals surface area contributed by atoms with E-state index in [0.29, 0.717) is 12.2 Å². The van der Waals surface area contributed by atoms with Gasteiger partial charge in [-0.1, -0.05) is 30.3 Å². The second-order valence-electron chi connectivity index (χ2n) is 5.27. The van der Waals surface area contributed by atoms with Crippen molar-refractivity contribution in [2.45, 2.75) is 12.5 Å². The van der Waals surface area contributed by atoms with E-state index in [0.717, 1.165) is 5.56 Å². The second-order valence-corrected chi connectivity index (χ2v) is 5.27. The fraction of sp³-hybridized carbons (Fsp3) is 0.278. The molecule has 0 spiro atoms. The molecule has 2 aromatic rings. The summed E-state index contributed by atoms with van der Waals surface area (Å²) in [4.78, 5) is 11.5. The number of carbonyl (C=O) groups is 1. The molecule has 0 aliphatic carbocycles. The molecule has 25 heavy (non-hydrogen) atoms. The van der Waals surface area contributed by atoms with Crippen LogP contribution in [0, 0.1) is 0 Å². The lowest BCUT2D eigenvalue weighted by Crippen LogP contribution is -2.30. The summed E-state index contributed by atoms with van der Waals surface area (Å²) in [6.45, 7) is 0.172. The van der Waals surface area contributed by atoms with E-state index in [1.807, 2.05) is 30.3 Å². The molecule has 2 aromatic carbocycles. The molecule has 0 fully saturated rings. The fourth-order valence-electron chi connectivity index (χ4n) is 2.34. The first-order valence-corrected chi connectivity index (χ1v) is 7.46. The maximum atomic E-state index is 11.5. The van der Waals surface area contributed by atoms with Gasteiger partial charge in [0, 0.05) is 18.2 Å². The topological polar surface area (TPSA) is 91.0 Å². The van der Waals surface area contributed by atoms with Gasteiger partial charge in [0.05, 0.1) is 14.2 Å². The van der Waals surface area contributed by atoms with Gasteiger partial charge in [0.15, 0.2) is 0 Å². The van der Waals surface area contributed by atoms with E-state index >= 15 is 0 Å². The summed E-state index contributed by atoms with van der Waals surface area (Å²) in [6, 6.07) is 12.5. The lowest BCUT2D eigenvalue weighted by Gasteiger charge is -2.17. The highest BCUT2D eigenvalue weighted by Gasteiger charge is 2.20. The van der Waals surface area contributed by atoms with Crippen LogP contribution in [0.3, 0.4) is 0 Å². The van der Waals surface area contributed by atoms with Gasteiger partial charge in [0.2, 0.25) is 0 Å². The SMILES string of the molecule is COc1cc(OC)c(C(=O)O)c(OC[C@H](N)Cc2ccccc2)c1.Cl. The normalized spacial score (nSPS) is 11.2. The first-order chi connectivity index (χ1) is 11.5. The van der Waals surface area contributed by atoms with Gasteiger partial charge in [-0.15, -0.1) is 12.4 Å². The summed E-state index contributed by atoms with van der Waals surface area (Å²) in [5.41, 5.74) is 7.13. The van der Waals surface area contributed by atoms with Crippen molar-refractivity contribution in [2.75, 3.05) is 20.8 Å². The van der Waals surface area contributed by atoms with Crippen LogP contribution in [0.15, 0.2) is 42.5 Å². The number of hydrogen-bond acceptors (Lipinski definition) is 5. The first kappa shape index (κ1) is 20.6. The van der Waals surface area contributed by atoms with E-state index in [1.54, 1.807) is 0 Å². The molecular formula is C18H22ClNO5. The van der Waals surface area contributed by atoms with Gasteiger partial charge in [-0.05, 0) is 12.0 Å². The number of aromatic carboxylic acids is 1. The predicted molar refractivity (Wildman–Crippen MR) is 97.4 cm³/mol. The number of ether oxygens (including phenoxy) is 3. The minimum atomic E-state index is -1.14. The second kappa shape index (κ2) is 9.76.